The van der Waals surface area contributed by atoms with Gasteiger partial charge in [-0.1, -0.05) is 23.7 Å². The van der Waals surface area contributed by atoms with Gasteiger partial charge in [0.15, 0.2) is 4.77 Å². The smallest absolute Gasteiger partial charge is 0.182 e. The van der Waals surface area contributed by atoms with Crippen molar-refractivity contribution in [2.45, 2.75) is 6.61 Å². The van der Waals surface area contributed by atoms with Gasteiger partial charge in [-0.05, 0) is 48.1 Å². The second-order valence-corrected chi connectivity index (χ2v) is 5.35. The predicted octanol–water partition coefficient (Wildman–Crippen LogP) is 4.49. The van der Waals surface area contributed by atoms with Crippen LogP contribution in [-0.2, 0) is 11.3 Å². The first-order chi connectivity index (χ1) is 9.69. The number of nitrogens with zero attached hydrogens (tertiary/aromatic N) is 1. The molecule has 0 atom stereocenters. The third-order valence-corrected chi connectivity index (χ3v) is 3.64. The first-order valence-corrected chi connectivity index (χ1v) is 6.96. The molecule has 0 saturated carbocycles. The molecule has 3 rings (SSSR count). The highest BCUT2D eigenvalue weighted by Gasteiger charge is 2.07. The van der Waals surface area contributed by atoms with Crippen molar-refractivity contribution in [3.05, 3.63) is 57.8 Å². The van der Waals surface area contributed by atoms with Gasteiger partial charge < -0.3 is 9.72 Å². The molecule has 0 saturated heterocycles. The summed E-state index contributed by atoms with van der Waals surface area (Å²) in [7, 11) is 1.69. The molecule has 20 heavy (non-hydrogen) atoms. The topological polar surface area (TPSA) is 29.9 Å². The number of ether oxygens (including phenoxy) is 1. The highest BCUT2D eigenvalue weighted by atomic mass is 35.5. The molecule has 1 heterocycles. The molecule has 5 heteroatoms. The number of hydrogen-bond acceptors (Lipinski definition) is 2. The Bertz CT molecular complexity index is 822. The zero-order chi connectivity index (χ0) is 14.1. The molecule has 0 aliphatic rings. The van der Waals surface area contributed by atoms with E-state index in [1.165, 1.54) is 0 Å². The van der Waals surface area contributed by atoms with Crippen LogP contribution in [0.25, 0.3) is 16.7 Å². The molecule has 0 aliphatic heterocycles. The summed E-state index contributed by atoms with van der Waals surface area (Å²) in [4.78, 5) is 3.18. The first-order valence-electron chi connectivity index (χ1n) is 6.17. The largest absolute Gasteiger partial charge is 0.380 e. The van der Waals surface area contributed by atoms with Crippen LogP contribution in [0.3, 0.4) is 0 Å². The van der Waals surface area contributed by atoms with E-state index < -0.39 is 0 Å². The first kappa shape index (κ1) is 13.4. The van der Waals surface area contributed by atoms with Crippen LogP contribution in [0.5, 0.6) is 0 Å². The van der Waals surface area contributed by atoms with E-state index in [0.29, 0.717) is 16.4 Å². The van der Waals surface area contributed by atoms with E-state index in [1.807, 2.05) is 41.0 Å². The van der Waals surface area contributed by atoms with Gasteiger partial charge in [-0.25, -0.2) is 0 Å². The zero-order valence-electron chi connectivity index (χ0n) is 10.9. The summed E-state index contributed by atoms with van der Waals surface area (Å²) in [6, 6.07) is 13.8. The second-order valence-electron chi connectivity index (χ2n) is 4.53. The Morgan fingerprint density at radius 2 is 2.10 bits per heavy atom. The Labute approximate surface area is 126 Å². The lowest BCUT2D eigenvalue weighted by Gasteiger charge is -2.07. The van der Waals surface area contributed by atoms with Gasteiger partial charge in [0.2, 0.25) is 0 Å². The van der Waals surface area contributed by atoms with Crippen LogP contribution in [0, 0.1) is 4.77 Å². The number of nitrogens with one attached hydrogen (secondary N) is 1. The predicted molar refractivity (Wildman–Crippen MR) is 84.2 cm³/mol. The van der Waals surface area contributed by atoms with E-state index >= 15 is 0 Å². The number of H-pyrrole nitrogens is 1. The average molecular weight is 305 g/mol. The number of aromatic nitrogens is 2. The minimum Gasteiger partial charge on any atom is -0.380 e. The number of imidazole rings is 1. The van der Waals surface area contributed by atoms with Gasteiger partial charge in [0.05, 0.1) is 17.6 Å². The summed E-state index contributed by atoms with van der Waals surface area (Å²) in [5.74, 6) is 0. The third-order valence-electron chi connectivity index (χ3n) is 3.12. The van der Waals surface area contributed by atoms with Crippen LogP contribution in [0.15, 0.2) is 42.5 Å². The van der Waals surface area contributed by atoms with Crippen LogP contribution >= 0.6 is 23.8 Å². The Morgan fingerprint density at radius 1 is 1.25 bits per heavy atom. The summed E-state index contributed by atoms with van der Waals surface area (Å²) >= 11 is 11.4. The Morgan fingerprint density at radius 3 is 2.90 bits per heavy atom. The standard InChI is InChI=1S/C15H13ClN2OS/c1-19-9-10-3-2-4-12(7-10)18-14-6-5-11(16)8-13(14)17-15(18)20/h2-8H,9H2,1H3,(H,17,20). The fourth-order valence-electron chi connectivity index (χ4n) is 2.29. The number of fused-ring (bicyclic) bond motifs is 1. The van der Waals surface area contributed by atoms with Crippen LogP contribution in [0.1, 0.15) is 5.56 Å². The Balaban J connectivity index is 2.21. The molecule has 102 valence electrons. The molecule has 0 spiro atoms. The van der Waals surface area contributed by atoms with Gasteiger partial charge in [0, 0.05) is 17.8 Å². The molecule has 3 nitrogen and oxygen atoms in total. The van der Waals surface area contributed by atoms with Crippen molar-refractivity contribution >= 4 is 34.9 Å². The highest BCUT2D eigenvalue weighted by Crippen LogP contribution is 2.23. The van der Waals surface area contributed by atoms with Gasteiger partial charge in [0.25, 0.3) is 0 Å². The third kappa shape index (κ3) is 2.38. The van der Waals surface area contributed by atoms with E-state index in [0.717, 1.165) is 22.3 Å². The molecule has 0 amide bonds. The second kappa shape index (κ2) is 5.40. The van der Waals surface area contributed by atoms with Crippen LogP contribution < -0.4 is 0 Å². The van der Waals surface area contributed by atoms with E-state index in [-0.39, 0.29) is 0 Å². The van der Waals surface area contributed by atoms with Gasteiger partial charge >= 0.3 is 0 Å². The molecule has 1 aromatic heterocycles. The van der Waals surface area contributed by atoms with Gasteiger partial charge in [-0.2, -0.15) is 0 Å². The van der Waals surface area contributed by atoms with E-state index in [1.54, 1.807) is 7.11 Å². The Kier molecular flexibility index (Phi) is 3.61. The fraction of sp³-hybridized carbons (Fsp3) is 0.133. The van der Waals surface area contributed by atoms with E-state index in [9.17, 15) is 0 Å². The minimum atomic E-state index is 0.579. The average Bonchev–Trinajstić information content (AvgIpc) is 2.74. The number of aromatic amines is 1. The van der Waals surface area contributed by atoms with Gasteiger partial charge in [0.1, 0.15) is 0 Å². The number of methoxy groups -OCH3 is 1. The maximum atomic E-state index is 6.01. The van der Waals surface area contributed by atoms with Crippen LogP contribution in [0.4, 0.5) is 0 Å². The molecular formula is C15H13ClN2OS. The molecule has 0 bridgehead atoms. The van der Waals surface area contributed by atoms with Gasteiger partial charge in [-0.15, -0.1) is 0 Å². The normalized spacial score (nSPS) is 11.1. The van der Waals surface area contributed by atoms with Gasteiger partial charge in [-0.3, -0.25) is 4.57 Å². The number of rotatable bonds is 3. The lowest BCUT2D eigenvalue weighted by atomic mass is 10.2. The number of hydrogen-bond donors (Lipinski definition) is 1. The molecule has 3 aromatic rings. The monoisotopic (exact) mass is 304 g/mol. The lowest BCUT2D eigenvalue weighted by Crippen LogP contribution is -1.96. The lowest BCUT2D eigenvalue weighted by molar-refractivity contribution is 0.185. The molecule has 2 aromatic carbocycles. The minimum absolute atomic E-state index is 0.579. The molecular weight excluding hydrogens is 292 g/mol. The fourth-order valence-corrected chi connectivity index (χ4v) is 2.78. The SMILES string of the molecule is COCc1cccc(-n2c(=S)[nH]c3cc(Cl)ccc32)c1. The highest BCUT2D eigenvalue weighted by molar-refractivity contribution is 7.71. The summed E-state index contributed by atoms with van der Waals surface area (Å²) in [5, 5.41) is 0.689. The van der Waals surface area contributed by atoms with Crippen LogP contribution in [0.2, 0.25) is 5.02 Å². The van der Waals surface area contributed by atoms with Crippen molar-refractivity contribution in [1.29, 1.82) is 0 Å². The molecule has 0 fully saturated rings. The van der Waals surface area contributed by atoms with Crippen molar-refractivity contribution < 1.29 is 4.74 Å². The zero-order valence-corrected chi connectivity index (χ0v) is 12.5. The van der Waals surface area contributed by atoms with Crippen molar-refractivity contribution in [3.8, 4) is 5.69 Å². The summed E-state index contributed by atoms with van der Waals surface area (Å²) < 4.78 is 7.82. The summed E-state index contributed by atoms with van der Waals surface area (Å²) in [6.07, 6.45) is 0. The van der Waals surface area contributed by atoms with Crippen LogP contribution in [-0.4, -0.2) is 16.7 Å². The van der Waals surface area contributed by atoms with E-state index in [2.05, 4.69) is 11.1 Å². The number of halogens is 1. The quantitative estimate of drug-likeness (QED) is 0.723. The molecule has 0 radical (unpaired) electrons. The van der Waals surface area contributed by atoms with Crippen molar-refractivity contribution in [2.24, 2.45) is 0 Å². The van der Waals surface area contributed by atoms with Crippen molar-refractivity contribution in [3.63, 3.8) is 0 Å². The van der Waals surface area contributed by atoms with Crippen molar-refractivity contribution in [1.82, 2.24) is 9.55 Å². The van der Waals surface area contributed by atoms with E-state index in [4.69, 9.17) is 28.6 Å². The number of benzene rings is 2. The maximum Gasteiger partial charge on any atom is 0.182 e. The Hall–Kier alpha value is -1.62. The molecule has 1 N–H and O–H groups in total. The molecule has 0 unspecified atom stereocenters. The maximum absolute atomic E-state index is 6.01. The summed E-state index contributed by atoms with van der Waals surface area (Å²) in [6.45, 7) is 0.579. The van der Waals surface area contributed by atoms with Crippen molar-refractivity contribution in [2.75, 3.05) is 7.11 Å². The molecule has 0 aliphatic carbocycles. The summed E-state index contributed by atoms with van der Waals surface area (Å²) in [5.41, 5.74) is 4.06.